The Morgan fingerprint density at radius 1 is 0.857 bits per heavy atom. The number of carbonyl (C=O) groups is 1. The molecular formula is C34H32N2O5S. The fraction of sp³-hybridized carbons (Fsp3) is 0.206. The van der Waals surface area contributed by atoms with Crippen molar-refractivity contribution < 1.29 is 23.1 Å². The van der Waals surface area contributed by atoms with Gasteiger partial charge < -0.3 is 14.7 Å². The van der Waals surface area contributed by atoms with Crippen molar-refractivity contribution in [3.05, 3.63) is 138 Å². The lowest BCUT2D eigenvalue weighted by molar-refractivity contribution is -0.161. The first-order valence-corrected chi connectivity index (χ1v) is 15.6. The summed E-state index contributed by atoms with van der Waals surface area (Å²) in [4.78, 5) is 15.8. The molecule has 1 aliphatic heterocycles. The molecule has 0 radical (unpaired) electrons. The third kappa shape index (κ3) is 5.76. The first kappa shape index (κ1) is 27.6. The maximum atomic E-state index is 13.9. The number of sulfonamides is 1. The van der Waals surface area contributed by atoms with Gasteiger partial charge in [0.05, 0.1) is 17.0 Å². The van der Waals surface area contributed by atoms with Crippen molar-refractivity contribution in [3.8, 4) is 0 Å². The second-order valence-electron chi connectivity index (χ2n) is 10.8. The van der Waals surface area contributed by atoms with Crippen LogP contribution in [-0.4, -0.2) is 25.5 Å². The Morgan fingerprint density at radius 2 is 1.50 bits per heavy atom. The topological polar surface area (TPSA) is 95.9 Å². The van der Waals surface area contributed by atoms with E-state index in [9.17, 15) is 18.3 Å². The van der Waals surface area contributed by atoms with Gasteiger partial charge in [-0.25, -0.2) is 13.2 Å². The molecule has 1 atom stereocenters. The minimum atomic E-state index is -3.80. The van der Waals surface area contributed by atoms with Crippen LogP contribution in [0.1, 0.15) is 36.8 Å². The molecule has 1 saturated carbocycles. The number of hydrogen-bond acceptors (Lipinski definition) is 6. The number of aliphatic hydroxyl groups excluding tert-OH is 1. The minimum Gasteiger partial charge on any atom is -0.510 e. The molecular weight excluding hydrogens is 548 g/mol. The monoisotopic (exact) mass is 580 g/mol. The van der Waals surface area contributed by atoms with Crippen molar-refractivity contribution in [1.29, 1.82) is 0 Å². The lowest BCUT2D eigenvalue weighted by Crippen LogP contribution is -2.43. The molecule has 1 fully saturated rings. The Morgan fingerprint density at radius 3 is 2.14 bits per heavy atom. The van der Waals surface area contributed by atoms with Gasteiger partial charge in [0.1, 0.15) is 11.4 Å². The van der Waals surface area contributed by atoms with E-state index in [2.05, 4.69) is 4.72 Å². The highest BCUT2D eigenvalue weighted by molar-refractivity contribution is 7.92. The van der Waals surface area contributed by atoms with Crippen LogP contribution >= 0.6 is 0 Å². The molecule has 0 amide bonds. The average Bonchev–Trinajstić information content (AvgIpc) is 3.85. The summed E-state index contributed by atoms with van der Waals surface area (Å²) in [5.74, 6) is -0.636. The standard InChI is InChI=1S/C34H32N2O5S/c37-31-24-34(26-13-6-2-7-14-26,22-21-25-11-4-1-5-12-25)41-33(38)32(31)36(28-19-20-28)29-16-10-15-27(23-29)35-42(39,40)30-17-8-3-9-18-30/h1-18,23,28,35,37H,19-22,24H2. The van der Waals surface area contributed by atoms with E-state index in [0.717, 1.165) is 24.0 Å². The number of anilines is 2. The maximum Gasteiger partial charge on any atom is 0.359 e. The van der Waals surface area contributed by atoms with Crippen LogP contribution in [0, 0.1) is 0 Å². The van der Waals surface area contributed by atoms with E-state index in [4.69, 9.17) is 4.74 Å². The number of ether oxygens (including phenoxy) is 1. The molecule has 0 spiro atoms. The van der Waals surface area contributed by atoms with Crippen LogP contribution in [0.3, 0.4) is 0 Å². The van der Waals surface area contributed by atoms with E-state index in [-0.39, 0.29) is 28.8 Å². The fourth-order valence-electron chi connectivity index (χ4n) is 5.54. The van der Waals surface area contributed by atoms with Crippen LogP contribution in [0.5, 0.6) is 0 Å². The van der Waals surface area contributed by atoms with Crippen LogP contribution in [-0.2, 0) is 31.6 Å². The van der Waals surface area contributed by atoms with Gasteiger partial charge in [-0.05, 0) is 67.1 Å². The number of nitrogens with one attached hydrogen (secondary N) is 1. The first-order valence-electron chi connectivity index (χ1n) is 14.1. The van der Waals surface area contributed by atoms with Crippen molar-refractivity contribution in [3.63, 3.8) is 0 Å². The lowest BCUT2D eigenvalue weighted by atomic mass is 9.82. The zero-order valence-electron chi connectivity index (χ0n) is 23.0. The molecule has 7 nitrogen and oxygen atoms in total. The highest BCUT2D eigenvalue weighted by Crippen LogP contribution is 2.45. The van der Waals surface area contributed by atoms with Gasteiger partial charge in [0.25, 0.3) is 10.0 Å². The second kappa shape index (κ2) is 11.4. The lowest BCUT2D eigenvalue weighted by Gasteiger charge is -2.40. The molecule has 1 heterocycles. The van der Waals surface area contributed by atoms with Gasteiger partial charge in [0, 0.05) is 11.7 Å². The minimum absolute atomic E-state index is 0.00998. The molecule has 214 valence electrons. The van der Waals surface area contributed by atoms with Crippen molar-refractivity contribution in [2.75, 3.05) is 9.62 Å². The number of aryl methyl sites for hydroxylation is 1. The molecule has 6 rings (SSSR count). The largest absolute Gasteiger partial charge is 0.510 e. The van der Waals surface area contributed by atoms with Gasteiger partial charge in [-0.2, -0.15) is 0 Å². The number of cyclic esters (lactones) is 1. The third-order valence-corrected chi connectivity index (χ3v) is 9.15. The molecule has 0 bridgehead atoms. The molecule has 2 aliphatic rings. The summed E-state index contributed by atoms with van der Waals surface area (Å²) in [5.41, 5.74) is 1.98. The van der Waals surface area contributed by atoms with Crippen LogP contribution in [0.2, 0.25) is 0 Å². The molecule has 1 unspecified atom stereocenters. The van der Waals surface area contributed by atoms with Crippen LogP contribution < -0.4 is 9.62 Å². The van der Waals surface area contributed by atoms with E-state index in [0.29, 0.717) is 24.2 Å². The molecule has 2 N–H and O–H groups in total. The summed E-state index contributed by atoms with van der Waals surface area (Å²) in [6.07, 6.45) is 2.98. The number of aliphatic hydroxyl groups is 1. The normalized spacial score (nSPS) is 18.8. The van der Waals surface area contributed by atoms with Crippen molar-refractivity contribution in [2.45, 2.75) is 48.6 Å². The highest BCUT2D eigenvalue weighted by atomic mass is 32.2. The molecule has 0 saturated heterocycles. The summed E-state index contributed by atoms with van der Waals surface area (Å²) in [6, 6.07) is 34.6. The van der Waals surface area contributed by atoms with Crippen molar-refractivity contribution >= 4 is 27.4 Å². The van der Waals surface area contributed by atoms with Crippen molar-refractivity contribution in [2.24, 2.45) is 0 Å². The van der Waals surface area contributed by atoms with Gasteiger partial charge in [0.15, 0.2) is 5.70 Å². The van der Waals surface area contributed by atoms with Crippen molar-refractivity contribution in [1.82, 2.24) is 0 Å². The number of rotatable bonds is 10. The third-order valence-electron chi connectivity index (χ3n) is 7.75. The Kier molecular flexibility index (Phi) is 7.47. The quantitative estimate of drug-likeness (QED) is 0.203. The Hall–Kier alpha value is -4.56. The molecule has 4 aromatic rings. The summed E-state index contributed by atoms with van der Waals surface area (Å²) >= 11 is 0. The van der Waals surface area contributed by atoms with Gasteiger partial charge in [-0.3, -0.25) is 4.72 Å². The Bertz CT molecular complexity index is 1700. The number of hydrogen-bond donors (Lipinski definition) is 2. The molecule has 0 aromatic heterocycles. The number of nitrogens with zero attached hydrogens (tertiary/aromatic N) is 1. The maximum absolute atomic E-state index is 13.9. The van der Waals surface area contributed by atoms with Crippen LogP contribution in [0.25, 0.3) is 0 Å². The zero-order valence-corrected chi connectivity index (χ0v) is 23.8. The summed E-state index contributed by atoms with van der Waals surface area (Å²) < 4.78 is 34.8. The predicted octanol–water partition coefficient (Wildman–Crippen LogP) is 6.70. The molecule has 4 aromatic carbocycles. The average molecular weight is 581 g/mol. The smallest absolute Gasteiger partial charge is 0.359 e. The van der Waals surface area contributed by atoms with E-state index < -0.39 is 21.6 Å². The number of benzene rings is 4. The first-order chi connectivity index (χ1) is 20.3. The summed E-state index contributed by atoms with van der Waals surface area (Å²) in [5, 5.41) is 11.6. The highest BCUT2D eigenvalue weighted by Gasteiger charge is 2.47. The predicted molar refractivity (Wildman–Crippen MR) is 162 cm³/mol. The molecule has 1 aliphatic carbocycles. The fourth-order valence-corrected chi connectivity index (χ4v) is 6.61. The number of esters is 1. The zero-order chi connectivity index (χ0) is 29.2. The summed E-state index contributed by atoms with van der Waals surface area (Å²) in [7, 11) is -3.80. The van der Waals surface area contributed by atoms with E-state index in [1.807, 2.05) is 60.7 Å². The number of carbonyl (C=O) groups excluding carboxylic acids is 1. The Balaban J connectivity index is 1.33. The second-order valence-corrected chi connectivity index (χ2v) is 12.5. The molecule has 42 heavy (non-hydrogen) atoms. The van der Waals surface area contributed by atoms with E-state index in [1.165, 1.54) is 12.1 Å². The van der Waals surface area contributed by atoms with Crippen LogP contribution in [0.4, 0.5) is 11.4 Å². The SMILES string of the molecule is O=C1OC(CCc2ccccc2)(c2ccccc2)CC(O)=C1N(c1cccc(NS(=O)(=O)c2ccccc2)c1)C1CC1. The Labute approximate surface area is 246 Å². The van der Waals surface area contributed by atoms with Gasteiger partial charge >= 0.3 is 5.97 Å². The molecule has 8 heteroatoms. The van der Waals surface area contributed by atoms with Gasteiger partial charge in [0.2, 0.25) is 0 Å². The van der Waals surface area contributed by atoms with Gasteiger partial charge in [-0.15, -0.1) is 0 Å². The van der Waals surface area contributed by atoms with E-state index >= 15 is 0 Å². The van der Waals surface area contributed by atoms with Gasteiger partial charge in [-0.1, -0.05) is 84.9 Å². The van der Waals surface area contributed by atoms with E-state index in [1.54, 1.807) is 47.4 Å². The van der Waals surface area contributed by atoms with Crippen LogP contribution in [0.15, 0.2) is 132 Å². The summed E-state index contributed by atoms with van der Waals surface area (Å²) in [6.45, 7) is 0.